The van der Waals surface area contributed by atoms with Crippen molar-refractivity contribution >= 4 is 15.7 Å². The van der Waals surface area contributed by atoms with Crippen molar-refractivity contribution in [2.45, 2.75) is 49.5 Å². The fraction of sp³-hybridized carbons (Fsp3) is 0.348. The summed E-state index contributed by atoms with van der Waals surface area (Å²) in [5, 5.41) is 0.0137. The van der Waals surface area contributed by atoms with Crippen LogP contribution >= 0.6 is 0 Å². The van der Waals surface area contributed by atoms with Crippen molar-refractivity contribution in [1.29, 1.82) is 0 Å². The van der Waals surface area contributed by atoms with E-state index in [9.17, 15) is 8.42 Å². The van der Waals surface area contributed by atoms with Gasteiger partial charge in [-0.2, -0.15) is 4.98 Å². The molecule has 0 amide bonds. The maximum atomic E-state index is 13.5. The minimum Gasteiger partial charge on any atom is -0.419 e. The van der Waals surface area contributed by atoms with E-state index in [0.717, 1.165) is 55.5 Å². The molecule has 1 aliphatic heterocycles. The lowest BCUT2D eigenvalue weighted by atomic mass is 10.1. The number of oxazole rings is 1. The van der Waals surface area contributed by atoms with Crippen molar-refractivity contribution in [3.05, 3.63) is 59.7 Å². The molecule has 5 nitrogen and oxygen atoms in total. The number of sulfone groups is 1. The standard InChI is InChI=1S/C23H26N2O3S/c1-17-10-12-20(13-11-17)29(26,27)22-23(25-14-5-3-4-6-15-25)28-21(24-22)19-9-7-8-18(2)16-19/h7-13,16H,3-6,14-15H2,1-2H3. The van der Waals surface area contributed by atoms with E-state index in [2.05, 4.69) is 4.98 Å². The Kier molecular flexibility index (Phi) is 5.46. The highest BCUT2D eigenvalue weighted by atomic mass is 32.2. The molecule has 0 spiro atoms. The summed E-state index contributed by atoms with van der Waals surface area (Å²) in [6.45, 7) is 5.48. The van der Waals surface area contributed by atoms with Crippen LogP contribution in [0.2, 0.25) is 0 Å². The van der Waals surface area contributed by atoms with E-state index in [1.165, 1.54) is 0 Å². The monoisotopic (exact) mass is 410 g/mol. The van der Waals surface area contributed by atoms with Crippen molar-refractivity contribution in [2.24, 2.45) is 0 Å². The Morgan fingerprint density at radius 2 is 1.59 bits per heavy atom. The summed E-state index contributed by atoms with van der Waals surface area (Å²) >= 11 is 0. The molecule has 0 N–H and O–H groups in total. The van der Waals surface area contributed by atoms with Gasteiger partial charge in [-0.3, -0.25) is 0 Å². The van der Waals surface area contributed by atoms with Gasteiger partial charge in [-0.1, -0.05) is 48.2 Å². The molecule has 1 aliphatic rings. The van der Waals surface area contributed by atoms with Crippen LogP contribution in [0.4, 0.5) is 5.88 Å². The van der Waals surface area contributed by atoms with Crippen LogP contribution in [0.3, 0.4) is 0 Å². The first kappa shape index (κ1) is 19.7. The molecule has 1 saturated heterocycles. The average molecular weight is 411 g/mol. The lowest BCUT2D eigenvalue weighted by molar-refractivity contribution is 0.543. The molecule has 0 radical (unpaired) electrons. The lowest BCUT2D eigenvalue weighted by Crippen LogP contribution is -2.25. The number of anilines is 1. The topological polar surface area (TPSA) is 63.4 Å². The molecule has 0 saturated carbocycles. The van der Waals surface area contributed by atoms with Crippen molar-refractivity contribution in [3.8, 4) is 11.5 Å². The Balaban J connectivity index is 1.85. The highest BCUT2D eigenvalue weighted by Crippen LogP contribution is 2.35. The van der Waals surface area contributed by atoms with Gasteiger partial charge in [-0.15, -0.1) is 0 Å². The van der Waals surface area contributed by atoms with Crippen molar-refractivity contribution in [3.63, 3.8) is 0 Å². The van der Waals surface area contributed by atoms with Gasteiger partial charge < -0.3 is 9.32 Å². The summed E-state index contributed by atoms with van der Waals surface area (Å²) in [5.74, 6) is 0.711. The molecule has 0 bridgehead atoms. The second-order valence-corrected chi connectivity index (χ2v) is 9.58. The number of aromatic nitrogens is 1. The minimum atomic E-state index is -3.79. The molecule has 4 rings (SSSR count). The SMILES string of the molecule is Cc1ccc(S(=O)(=O)c2nc(-c3cccc(C)c3)oc2N2CCCCCC2)cc1. The summed E-state index contributed by atoms with van der Waals surface area (Å²) < 4.78 is 33.0. The zero-order chi connectivity index (χ0) is 20.4. The molecule has 6 heteroatoms. The molecular formula is C23H26N2O3S. The van der Waals surface area contributed by atoms with Crippen LogP contribution in [0.25, 0.3) is 11.5 Å². The minimum absolute atomic E-state index is 0.0137. The summed E-state index contributed by atoms with van der Waals surface area (Å²) in [7, 11) is -3.79. The van der Waals surface area contributed by atoms with Gasteiger partial charge >= 0.3 is 0 Å². The summed E-state index contributed by atoms with van der Waals surface area (Å²) in [4.78, 5) is 6.78. The van der Waals surface area contributed by atoms with Gasteiger partial charge in [0.15, 0.2) is 0 Å². The second kappa shape index (κ2) is 8.03. The van der Waals surface area contributed by atoms with E-state index in [0.29, 0.717) is 11.8 Å². The normalized spacial score (nSPS) is 15.3. The molecule has 1 fully saturated rings. The average Bonchev–Trinajstić information content (AvgIpc) is 2.98. The van der Waals surface area contributed by atoms with Crippen molar-refractivity contribution in [2.75, 3.05) is 18.0 Å². The van der Waals surface area contributed by atoms with Gasteiger partial charge in [0.1, 0.15) is 0 Å². The van der Waals surface area contributed by atoms with Gasteiger partial charge in [0.05, 0.1) is 4.90 Å². The number of hydrogen-bond acceptors (Lipinski definition) is 5. The largest absolute Gasteiger partial charge is 0.419 e. The quantitative estimate of drug-likeness (QED) is 0.594. The molecular weight excluding hydrogens is 384 g/mol. The Hall–Kier alpha value is -2.60. The predicted octanol–water partition coefficient (Wildman–Crippen LogP) is 5.17. The predicted molar refractivity (Wildman–Crippen MR) is 114 cm³/mol. The maximum absolute atomic E-state index is 13.5. The van der Waals surface area contributed by atoms with Crippen LogP contribution in [-0.2, 0) is 9.84 Å². The fourth-order valence-corrected chi connectivity index (χ4v) is 5.00. The van der Waals surface area contributed by atoms with Crippen LogP contribution in [-0.4, -0.2) is 26.5 Å². The van der Waals surface area contributed by atoms with Gasteiger partial charge in [-0.25, -0.2) is 8.42 Å². The summed E-state index contributed by atoms with van der Waals surface area (Å²) in [5.41, 5.74) is 2.86. The highest BCUT2D eigenvalue weighted by molar-refractivity contribution is 7.91. The van der Waals surface area contributed by atoms with Crippen molar-refractivity contribution < 1.29 is 12.8 Å². The molecule has 1 aromatic heterocycles. The molecule has 2 heterocycles. The van der Waals surface area contributed by atoms with Crippen LogP contribution in [0.5, 0.6) is 0 Å². The van der Waals surface area contributed by atoms with Gasteiger partial charge in [0, 0.05) is 18.7 Å². The van der Waals surface area contributed by atoms with Gasteiger partial charge in [0.2, 0.25) is 26.6 Å². The molecule has 152 valence electrons. The van der Waals surface area contributed by atoms with Gasteiger partial charge in [0.25, 0.3) is 0 Å². The zero-order valence-electron chi connectivity index (χ0n) is 16.9. The van der Waals surface area contributed by atoms with E-state index in [1.54, 1.807) is 24.3 Å². The number of nitrogens with zero attached hydrogens (tertiary/aromatic N) is 2. The molecule has 3 aromatic rings. The fourth-order valence-electron chi connectivity index (χ4n) is 3.68. The third-order valence-electron chi connectivity index (χ3n) is 5.32. The Bertz CT molecular complexity index is 1090. The second-order valence-electron chi connectivity index (χ2n) is 7.72. The lowest BCUT2D eigenvalue weighted by Gasteiger charge is -2.20. The highest BCUT2D eigenvalue weighted by Gasteiger charge is 2.31. The van der Waals surface area contributed by atoms with Crippen molar-refractivity contribution in [1.82, 2.24) is 4.98 Å². The maximum Gasteiger partial charge on any atom is 0.236 e. The summed E-state index contributed by atoms with van der Waals surface area (Å²) in [6.07, 6.45) is 4.33. The third-order valence-corrected chi connectivity index (χ3v) is 6.99. The number of rotatable bonds is 4. The molecule has 0 unspecified atom stereocenters. The van der Waals surface area contributed by atoms with E-state index in [1.807, 2.05) is 43.0 Å². The van der Waals surface area contributed by atoms with E-state index >= 15 is 0 Å². The zero-order valence-corrected chi connectivity index (χ0v) is 17.7. The van der Waals surface area contributed by atoms with Crippen LogP contribution in [0.1, 0.15) is 36.8 Å². The van der Waals surface area contributed by atoms with Crippen LogP contribution < -0.4 is 4.90 Å². The van der Waals surface area contributed by atoms with Gasteiger partial charge in [-0.05, 0) is 51.0 Å². The van der Waals surface area contributed by atoms with Crippen LogP contribution in [0, 0.1) is 13.8 Å². The number of benzene rings is 2. The van der Waals surface area contributed by atoms with E-state index in [4.69, 9.17) is 4.42 Å². The van der Waals surface area contributed by atoms with E-state index < -0.39 is 9.84 Å². The van der Waals surface area contributed by atoms with Crippen LogP contribution in [0.15, 0.2) is 62.9 Å². The Morgan fingerprint density at radius 3 is 2.24 bits per heavy atom. The molecule has 0 atom stereocenters. The first-order chi connectivity index (χ1) is 13.9. The Morgan fingerprint density at radius 1 is 0.897 bits per heavy atom. The summed E-state index contributed by atoms with van der Waals surface area (Å²) in [6, 6.07) is 14.7. The number of hydrogen-bond donors (Lipinski definition) is 0. The third kappa shape index (κ3) is 4.08. The first-order valence-electron chi connectivity index (χ1n) is 10.1. The van der Waals surface area contributed by atoms with E-state index in [-0.39, 0.29) is 9.92 Å². The molecule has 0 aliphatic carbocycles. The smallest absolute Gasteiger partial charge is 0.236 e. The Labute approximate surface area is 172 Å². The number of aryl methyl sites for hydroxylation is 2. The first-order valence-corrected chi connectivity index (χ1v) is 11.6. The molecule has 29 heavy (non-hydrogen) atoms. The molecule has 2 aromatic carbocycles.